The van der Waals surface area contributed by atoms with Gasteiger partial charge < -0.3 is 19.3 Å². The molecule has 2 aromatic rings. The number of likely N-dealkylation sites (tertiary alicyclic amines) is 1. The number of hydrogen-bond donors (Lipinski definition) is 1. The SMILES string of the molecule is CCOc1ccccc1OC1CCN([C@H](C)C(=O)Nc2cc(C)on2)CC1. The van der Waals surface area contributed by atoms with Crippen LogP contribution in [0.15, 0.2) is 34.9 Å². The first-order valence-electron chi connectivity index (χ1n) is 9.43. The van der Waals surface area contributed by atoms with Gasteiger partial charge in [0, 0.05) is 19.2 Å². The van der Waals surface area contributed by atoms with Crippen LogP contribution < -0.4 is 14.8 Å². The van der Waals surface area contributed by atoms with Crippen LogP contribution in [0.5, 0.6) is 11.5 Å². The summed E-state index contributed by atoms with van der Waals surface area (Å²) >= 11 is 0. The summed E-state index contributed by atoms with van der Waals surface area (Å²) in [5.74, 6) is 2.60. The Balaban J connectivity index is 1.50. The van der Waals surface area contributed by atoms with E-state index >= 15 is 0 Å². The number of nitrogens with zero attached hydrogens (tertiary/aromatic N) is 2. The first kappa shape index (κ1) is 19.2. The smallest absolute Gasteiger partial charge is 0.242 e. The molecule has 0 bridgehead atoms. The molecule has 0 aliphatic carbocycles. The molecule has 1 N–H and O–H groups in total. The van der Waals surface area contributed by atoms with Crippen molar-refractivity contribution >= 4 is 11.7 Å². The lowest BCUT2D eigenvalue weighted by Crippen LogP contribution is -2.47. The number of benzene rings is 1. The molecule has 1 amide bonds. The molecule has 0 saturated carbocycles. The molecule has 1 aromatic heterocycles. The number of amides is 1. The summed E-state index contributed by atoms with van der Waals surface area (Å²) in [4.78, 5) is 14.6. The highest BCUT2D eigenvalue weighted by atomic mass is 16.5. The molecule has 1 fully saturated rings. The maximum Gasteiger partial charge on any atom is 0.242 e. The number of aryl methyl sites for hydroxylation is 1. The summed E-state index contributed by atoms with van der Waals surface area (Å²) in [5.41, 5.74) is 0. The van der Waals surface area contributed by atoms with Crippen molar-refractivity contribution in [3.05, 3.63) is 36.1 Å². The Kier molecular flexibility index (Phi) is 6.34. The van der Waals surface area contributed by atoms with Crippen LogP contribution in [0.1, 0.15) is 32.4 Å². The average molecular weight is 373 g/mol. The van der Waals surface area contributed by atoms with Crippen LogP contribution in [-0.4, -0.2) is 47.8 Å². The van der Waals surface area contributed by atoms with E-state index in [9.17, 15) is 4.79 Å². The van der Waals surface area contributed by atoms with Gasteiger partial charge in [-0.25, -0.2) is 0 Å². The van der Waals surface area contributed by atoms with Crippen molar-refractivity contribution in [1.82, 2.24) is 10.1 Å². The fourth-order valence-corrected chi connectivity index (χ4v) is 3.20. The highest BCUT2D eigenvalue weighted by Crippen LogP contribution is 2.29. The van der Waals surface area contributed by atoms with Crippen molar-refractivity contribution in [1.29, 1.82) is 0 Å². The molecule has 7 nitrogen and oxygen atoms in total. The van der Waals surface area contributed by atoms with Crippen molar-refractivity contribution < 1.29 is 18.8 Å². The summed E-state index contributed by atoms with van der Waals surface area (Å²) in [7, 11) is 0. The zero-order chi connectivity index (χ0) is 19.2. The number of nitrogens with one attached hydrogen (secondary N) is 1. The molecule has 0 radical (unpaired) electrons. The van der Waals surface area contributed by atoms with Gasteiger partial charge in [-0.3, -0.25) is 9.69 Å². The summed E-state index contributed by atoms with van der Waals surface area (Å²) in [6.45, 7) is 7.87. The van der Waals surface area contributed by atoms with E-state index in [0.717, 1.165) is 37.4 Å². The predicted octanol–water partition coefficient (Wildman–Crippen LogP) is 3.25. The second kappa shape index (κ2) is 8.90. The molecule has 1 saturated heterocycles. The molecular formula is C20H27N3O4. The maximum atomic E-state index is 12.4. The molecule has 27 heavy (non-hydrogen) atoms. The fourth-order valence-electron chi connectivity index (χ4n) is 3.20. The van der Waals surface area contributed by atoms with Gasteiger partial charge in [-0.1, -0.05) is 17.3 Å². The molecule has 3 rings (SSSR count). The minimum atomic E-state index is -0.237. The first-order valence-corrected chi connectivity index (χ1v) is 9.43. The van der Waals surface area contributed by atoms with Gasteiger partial charge in [0.15, 0.2) is 17.3 Å². The van der Waals surface area contributed by atoms with Gasteiger partial charge in [-0.05, 0) is 45.7 Å². The molecule has 0 unspecified atom stereocenters. The number of anilines is 1. The van der Waals surface area contributed by atoms with E-state index in [0.29, 0.717) is 18.2 Å². The number of carbonyl (C=O) groups is 1. The Labute approximate surface area is 159 Å². The van der Waals surface area contributed by atoms with E-state index < -0.39 is 0 Å². The number of aromatic nitrogens is 1. The monoisotopic (exact) mass is 373 g/mol. The predicted molar refractivity (Wildman–Crippen MR) is 102 cm³/mol. The molecular weight excluding hydrogens is 346 g/mol. The van der Waals surface area contributed by atoms with Crippen LogP contribution in [0.25, 0.3) is 0 Å². The largest absolute Gasteiger partial charge is 0.490 e. The van der Waals surface area contributed by atoms with Crippen molar-refractivity contribution in [2.45, 2.75) is 45.8 Å². The van der Waals surface area contributed by atoms with E-state index in [4.69, 9.17) is 14.0 Å². The Morgan fingerprint density at radius 3 is 2.67 bits per heavy atom. The first-order chi connectivity index (χ1) is 13.1. The molecule has 1 aliphatic heterocycles. The van der Waals surface area contributed by atoms with Gasteiger partial charge in [0.2, 0.25) is 5.91 Å². The van der Waals surface area contributed by atoms with Gasteiger partial charge >= 0.3 is 0 Å². The van der Waals surface area contributed by atoms with Crippen LogP contribution in [0.3, 0.4) is 0 Å². The molecule has 0 spiro atoms. The van der Waals surface area contributed by atoms with Gasteiger partial charge in [-0.2, -0.15) is 0 Å². The number of rotatable bonds is 7. The second-order valence-electron chi connectivity index (χ2n) is 6.72. The number of hydrogen-bond acceptors (Lipinski definition) is 6. The fraction of sp³-hybridized carbons (Fsp3) is 0.500. The Morgan fingerprint density at radius 1 is 1.33 bits per heavy atom. The van der Waals surface area contributed by atoms with E-state index in [-0.39, 0.29) is 18.1 Å². The lowest BCUT2D eigenvalue weighted by Gasteiger charge is -2.35. The third kappa shape index (κ3) is 5.01. The Morgan fingerprint density at radius 2 is 2.04 bits per heavy atom. The van der Waals surface area contributed by atoms with Gasteiger partial charge in [0.1, 0.15) is 11.9 Å². The van der Waals surface area contributed by atoms with Crippen molar-refractivity contribution in [3.63, 3.8) is 0 Å². The quantitative estimate of drug-likeness (QED) is 0.803. The number of para-hydroxylation sites is 2. The van der Waals surface area contributed by atoms with E-state index in [1.54, 1.807) is 13.0 Å². The maximum absolute atomic E-state index is 12.4. The molecule has 7 heteroatoms. The van der Waals surface area contributed by atoms with Crippen LogP contribution in [-0.2, 0) is 4.79 Å². The lowest BCUT2D eigenvalue weighted by atomic mass is 10.1. The molecule has 1 atom stereocenters. The molecule has 146 valence electrons. The Hall–Kier alpha value is -2.54. The summed E-state index contributed by atoms with van der Waals surface area (Å²) < 4.78 is 16.8. The van der Waals surface area contributed by atoms with E-state index in [1.165, 1.54) is 0 Å². The van der Waals surface area contributed by atoms with Gasteiger partial charge in [-0.15, -0.1) is 0 Å². The van der Waals surface area contributed by atoms with Crippen molar-refractivity contribution in [3.8, 4) is 11.5 Å². The number of carbonyl (C=O) groups excluding carboxylic acids is 1. The van der Waals surface area contributed by atoms with Crippen LogP contribution in [0, 0.1) is 6.92 Å². The average Bonchev–Trinajstić information content (AvgIpc) is 3.08. The minimum absolute atomic E-state index is 0.0793. The zero-order valence-corrected chi connectivity index (χ0v) is 16.1. The highest BCUT2D eigenvalue weighted by molar-refractivity contribution is 5.93. The van der Waals surface area contributed by atoms with Crippen LogP contribution in [0.2, 0.25) is 0 Å². The topological polar surface area (TPSA) is 76.8 Å². The Bertz CT molecular complexity index is 753. The van der Waals surface area contributed by atoms with Crippen molar-refractivity contribution in [2.75, 3.05) is 25.0 Å². The van der Waals surface area contributed by atoms with Crippen LogP contribution >= 0.6 is 0 Å². The third-order valence-electron chi connectivity index (χ3n) is 4.73. The van der Waals surface area contributed by atoms with E-state index in [2.05, 4.69) is 15.4 Å². The third-order valence-corrected chi connectivity index (χ3v) is 4.73. The summed E-state index contributed by atoms with van der Waals surface area (Å²) in [5, 5.41) is 6.61. The van der Waals surface area contributed by atoms with Gasteiger partial charge in [0.05, 0.1) is 12.6 Å². The van der Waals surface area contributed by atoms with Gasteiger partial charge in [0.25, 0.3) is 0 Å². The second-order valence-corrected chi connectivity index (χ2v) is 6.72. The highest BCUT2D eigenvalue weighted by Gasteiger charge is 2.28. The minimum Gasteiger partial charge on any atom is -0.490 e. The molecule has 1 aliphatic rings. The lowest BCUT2D eigenvalue weighted by molar-refractivity contribution is -0.121. The van der Waals surface area contributed by atoms with E-state index in [1.807, 2.05) is 38.1 Å². The summed E-state index contributed by atoms with van der Waals surface area (Å²) in [6.07, 6.45) is 1.85. The van der Waals surface area contributed by atoms with Crippen LogP contribution in [0.4, 0.5) is 5.82 Å². The normalized spacial score (nSPS) is 16.7. The zero-order valence-electron chi connectivity index (χ0n) is 16.1. The molecule has 1 aromatic carbocycles. The van der Waals surface area contributed by atoms with Crippen molar-refractivity contribution in [2.24, 2.45) is 0 Å². The summed E-state index contributed by atoms with van der Waals surface area (Å²) in [6, 6.07) is 9.22. The number of piperidine rings is 1. The molecule has 2 heterocycles. The standard InChI is InChI=1S/C20H27N3O4/c1-4-25-17-7-5-6-8-18(17)26-16-9-11-23(12-10-16)15(3)20(24)21-19-13-14(2)27-22-19/h5-8,13,15-16H,4,9-12H2,1-3H3,(H,21,22,24)/t15-/m1/s1. The number of ether oxygens (including phenoxy) is 2.